The number of halogens is 2. The largest absolute Gasteiger partial charge is 0.321 e. The van der Waals surface area contributed by atoms with E-state index in [0.29, 0.717) is 18.4 Å². The molecule has 0 amide bonds. The van der Waals surface area contributed by atoms with E-state index in [-0.39, 0.29) is 36.6 Å². The van der Waals surface area contributed by atoms with E-state index in [9.17, 15) is 4.79 Å². The molecule has 0 aliphatic heterocycles. The van der Waals surface area contributed by atoms with Crippen LogP contribution in [-0.2, 0) is 4.79 Å². The fourth-order valence-corrected chi connectivity index (χ4v) is 1.25. The molecule has 0 fully saturated rings. The Bertz CT molecular complexity index is 175. The SMILES string of the molecule is CC(C)CNCC(=O)[C@@H](N)CC(C)C.Cl.Cl. The normalized spacial score (nSPS) is 11.9. The Hall–Kier alpha value is 0.170. The van der Waals surface area contributed by atoms with E-state index in [0.717, 1.165) is 13.0 Å². The van der Waals surface area contributed by atoms with Crippen LogP contribution in [0.3, 0.4) is 0 Å². The summed E-state index contributed by atoms with van der Waals surface area (Å²) in [5, 5.41) is 3.11. The van der Waals surface area contributed by atoms with Gasteiger partial charge in [-0.25, -0.2) is 0 Å². The van der Waals surface area contributed by atoms with Gasteiger partial charge in [-0.05, 0) is 24.8 Å². The molecule has 5 heteroatoms. The molecule has 0 aromatic heterocycles. The quantitative estimate of drug-likeness (QED) is 0.746. The van der Waals surface area contributed by atoms with Crippen molar-refractivity contribution in [2.24, 2.45) is 17.6 Å². The van der Waals surface area contributed by atoms with Crippen LogP contribution in [-0.4, -0.2) is 24.9 Å². The number of ketones is 1. The Kier molecular flexibility index (Phi) is 15.6. The fraction of sp³-hybridized carbons (Fsp3) is 0.909. The van der Waals surface area contributed by atoms with E-state index in [1.807, 2.05) is 0 Å². The van der Waals surface area contributed by atoms with Crippen LogP contribution in [0.2, 0.25) is 0 Å². The summed E-state index contributed by atoms with van der Waals surface area (Å²) in [4.78, 5) is 11.5. The molecule has 0 bridgehead atoms. The maximum absolute atomic E-state index is 11.5. The van der Waals surface area contributed by atoms with Gasteiger partial charge in [-0.3, -0.25) is 4.79 Å². The predicted molar refractivity (Wildman–Crippen MR) is 74.6 cm³/mol. The molecular weight excluding hydrogens is 247 g/mol. The van der Waals surface area contributed by atoms with Crippen molar-refractivity contribution in [1.29, 1.82) is 0 Å². The first kappa shape index (κ1) is 21.5. The van der Waals surface area contributed by atoms with Crippen LogP contribution < -0.4 is 11.1 Å². The van der Waals surface area contributed by atoms with E-state index in [4.69, 9.17) is 5.73 Å². The standard InChI is InChI=1S/C11H24N2O.2ClH/c1-8(2)5-10(12)11(14)7-13-6-9(3)4;;/h8-10,13H,5-7,12H2,1-4H3;2*1H/t10-;;/m0../s1. The maximum Gasteiger partial charge on any atom is 0.163 e. The molecule has 0 rings (SSSR count). The molecule has 3 N–H and O–H groups in total. The lowest BCUT2D eigenvalue weighted by molar-refractivity contribution is -0.119. The topological polar surface area (TPSA) is 55.1 Å². The highest BCUT2D eigenvalue weighted by Gasteiger charge is 2.14. The minimum Gasteiger partial charge on any atom is -0.321 e. The van der Waals surface area contributed by atoms with Gasteiger partial charge >= 0.3 is 0 Å². The van der Waals surface area contributed by atoms with Crippen LogP contribution >= 0.6 is 24.8 Å². The van der Waals surface area contributed by atoms with E-state index >= 15 is 0 Å². The molecule has 0 unspecified atom stereocenters. The van der Waals surface area contributed by atoms with Crippen LogP contribution in [0.1, 0.15) is 34.1 Å². The third-order valence-electron chi connectivity index (χ3n) is 1.99. The second-order valence-corrected chi connectivity index (χ2v) is 4.73. The van der Waals surface area contributed by atoms with Crippen molar-refractivity contribution >= 4 is 30.6 Å². The number of nitrogens with one attached hydrogen (secondary N) is 1. The number of carbonyl (C=O) groups excluding carboxylic acids is 1. The maximum atomic E-state index is 11.5. The zero-order valence-corrected chi connectivity index (χ0v) is 12.3. The highest BCUT2D eigenvalue weighted by atomic mass is 35.5. The van der Waals surface area contributed by atoms with Crippen LogP contribution in [0.5, 0.6) is 0 Å². The molecule has 0 aliphatic carbocycles. The summed E-state index contributed by atoms with van der Waals surface area (Å²) in [6, 6.07) is -0.297. The van der Waals surface area contributed by atoms with Gasteiger partial charge in [-0.1, -0.05) is 27.7 Å². The zero-order valence-electron chi connectivity index (χ0n) is 10.7. The summed E-state index contributed by atoms with van der Waals surface area (Å²) < 4.78 is 0. The summed E-state index contributed by atoms with van der Waals surface area (Å²) in [5.41, 5.74) is 5.75. The molecule has 0 aliphatic rings. The lowest BCUT2D eigenvalue weighted by Gasteiger charge is -2.13. The summed E-state index contributed by atoms with van der Waals surface area (Å²) in [5.74, 6) is 1.18. The molecule has 0 aromatic carbocycles. The first-order valence-electron chi connectivity index (χ1n) is 5.42. The van der Waals surface area contributed by atoms with Gasteiger partial charge < -0.3 is 11.1 Å². The van der Waals surface area contributed by atoms with E-state index in [1.165, 1.54) is 0 Å². The highest BCUT2D eigenvalue weighted by molar-refractivity contribution is 5.86. The fourth-order valence-electron chi connectivity index (χ4n) is 1.25. The van der Waals surface area contributed by atoms with Crippen molar-refractivity contribution < 1.29 is 4.79 Å². The van der Waals surface area contributed by atoms with Crippen LogP contribution in [0.25, 0.3) is 0 Å². The number of hydrogen-bond donors (Lipinski definition) is 2. The average molecular weight is 273 g/mol. The van der Waals surface area contributed by atoms with Crippen molar-refractivity contribution in [3.63, 3.8) is 0 Å². The van der Waals surface area contributed by atoms with Gasteiger partial charge in [0, 0.05) is 0 Å². The number of carbonyl (C=O) groups is 1. The summed E-state index contributed by atoms with van der Waals surface area (Å²) in [6.45, 7) is 9.67. The molecule has 16 heavy (non-hydrogen) atoms. The highest BCUT2D eigenvalue weighted by Crippen LogP contribution is 2.02. The van der Waals surface area contributed by atoms with Gasteiger partial charge in [-0.15, -0.1) is 24.8 Å². The molecule has 0 saturated heterocycles. The Morgan fingerprint density at radius 2 is 1.62 bits per heavy atom. The van der Waals surface area contributed by atoms with Gasteiger partial charge in [0.05, 0.1) is 12.6 Å². The summed E-state index contributed by atoms with van der Waals surface area (Å²) in [6.07, 6.45) is 0.780. The second-order valence-electron chi connectivity index (χ2n) is 4.73. The number of hydrogen-bond acceptors (Lipinski definition) is 3. The van der Waals surface area contributed by atoms with Gasteiger partial charge in [0.15, 0.2) is 5.78 Å². The predicted octanol–water partition coefficient (Wildman–Crippen LogP) is 2.02. The van der Waals surface area contributed by atoms with E-state index in [1.54, 1.807) is 0 Å². The number of nitrogens with two attached hydrogens (primary N) is 1. The first-order chi connectivity index (χ1) is 6.43. The molecule has 0 radical (unpaired) electrons. The smallest absolute Gasteiger partial charge is 0.163 e. The van der Waals surface area contributed by atoms with Crippen molar-refractivity contribution in [2.75, 3.05) is 13.1 Å². The average Bonchev–Trinajstić information content (AvgIpc) is 2.01. The lowest BCUT2D eigenvalue weighted by atomic mass is 10.0. The minimum absolute atomic E-state index is 0. The Morgan fingerprint density at radius 3 is 2.00 bits per heavy atom. The Balaban J connectivity index is -0.000000845. The minimum atomic E-state index is -0.297. The lowest BCUT2D eigenvalue weighted by Crippen LogP contribution is -2.39. The second kappa shape index (κ2) is 11.6. The van der Waals surface area contributed by atoms with Crippen molar-refractivity contribution in [3.05, 3.63) is 0 Å². The summed E-state index contributed by atoms with van der Waals surface area (Å²) >= 11 is 0. The van der Waals surface area contributed by atoms with Crippen molar-refractivity contribution in [1.82, 2.24) is 5.32 Å². The molecule has 1 atom stereocenters. The zero-order chi connectivity index (χ0) is 11.1. The number of rotatable bonds is 7. The Labute approximate surface area is 112 Å². The Morgan fingerprint density at radius 1 is 1.12 bits per heavy atom. The summed E-state index contributed by atoms with van der Waals surface area (Å²) in [7, 11) is 0. The van der Waals surface area contributed by atoms with Crippen LogP contribution in [0, 0.1) is 11.8 Å². The van der Waals surface area contributed by atoms with Crippen molar-refractivity contribution in [3.8, 4) is 0 Å². The molecular formula is C11H26Cl2N2O. The monoisotopic (exact) mass is 272 g/mol. The van der Waals surface area contributed by atoms with Gasteiger partial charge in [0.25, 0.3) is 0 Å². The van der Waals surface area contributed by atoms with Crippen LogP contribution in [0.15, 0.2) is 0 Å². The molecule has 3 nitrogen and oxygen atoms in total. The molecule has 0 aromatic rings. The third kappa shape index (κ3) is 12.2. The molecule has 100 valence electrons. The first-order valence-corrected chi connectivity index (χ1v) is 5.42. The molecule has 0 spiro atoms. The van der Waals surface area contributed by atoms with Crippen molar-refractivity contribution in [2.45, 2.75) is 40.2 Å². The van der Waals surface area contributed by atoms with E-state index < -0.39 is 0 Å². The van der Waals surface area contributed by atoms with Gasteiger partial charge in [0.2, 0.25) is 0 Å². The third-order valence-corrected chi connectivity index (χ3v) is 1.99. The van der Waals surface area contributed by atoms with Crippen LogP contribution in [0.4, 0.5) is 0 Å². The van der Waals surface area contributed by atoms with Gasteiger partial charge in [-0.2, -0.15) is 0 Å². The molecule has 0 heterocycles. The van der Waals surface area contributed by atoms with Gasteiger partial charge in [0.1, 0.15) is 0 Å². The molecule has 0 saturated carbocycles. The van der Waals surface area contributed by atoms with E-state index in [2.05, 4.69) is 33.0 Å². The number of Topliss-reactive ketones (excluding diaryl/α,β-unsaturated/α-hetero) is 1.